The number of benzene rings is 1. The summed E-state index contributed by atoms with van der Waals surface area (Å²) >= 11 is 2.08. The lowest BCUT2D eigenvalue weighted by Crippen LogP contribution is -2.33. The van der Waals surface area contributed by atoms with Crippen LogP contribution >= 0.6 is 11.8 Å². The van der Waals surface area contributed by atoms with Gasteiger partial charge in [0.1, 0.15) is 0 Å². The van der Waals surface area contributed by atoms with Crippen molar-refractivity contribution in [1.82, 2.24) is 5.32 Å². The standard InChI is InChI=1S/C14H21NS/c1-4-9-15-14-11(3)16-10(2)12-7-5-6-8-13(12)14/h5-8,10-11,14-15H,4,9H2,1-3H3. The third kappa shape index (κ3) is 2.28. The molecule has 1 aliphatic heterocycles. The lowest BCUT2D eigenvalue weighted by atomic mass is 9.95. The van der Waals surface area contributed by atoms with Gasteiger partial charge in [0.15, 0.2) is 0 Å². The Morgan fingerprint density at radius 2 is 1.88 bits per heavy atom. The zero-order valence-electron chi connectivity index (χ0n) is 10.4. The largest absolute Gasteiger partial charge is 0.309 e. The Morgan fingerprint density at radius 1 is 1.19 bits per heavy atom. The smallest absolute Gasteiger partial charge is 0.0441 e. The highest BCUT2D eigenvalue weighted by Crippen LogP contribution is 2.45. The molecule has 0 fully saturated rings. The summed E-state index contributed by atoms with van der Waals surface area (Å²) in [4.78, 5) is 0. The first-order chi connectivity index (χ1) is 7.74. The third-order valence-corrected chi connectivity index (χ3v) is 4.64. The summed E-state index contributed by atoms with van der Waals surface area (Å²) in [5, 5.41) is 4.97. The van der Waals surface area contributed by atoms with Gasteiger partial charge in [-0.25, -0.2) is 0 Å². The molecule has 88 valence electrons. The van der Waals surface area contributed by atoms with Crippen molar-refractivity contribution in [1.29, 1.82) is 0 Å². The van der Waals surface area contributed by atoms with Gasteiger partial charge in [-0.15, -0.1) is 11.8 Å². The predicted octanol–water partition coefficient (Wildman–Crippen LogP) is 3.92. The van der Waals surface area contributed by atoms with Crippen LogP contribution in [0, 0.1) is 0 Å². The molecule has 0 aliphatic carbocycles. The summed E-state index contributed by atoms with van der Waals surface area (Å²) < 4.78 is 0. The molecule has 1 aromatic rings. The van der Waals surface area contributed by atoms with Gasteiger partial charge < -0.3 is 5.32 Å². The molecular weight excluding hydrogens is 214 g/mol. The van der Waals surface area contributed by atoms with Crippen LogP contribution in [0.15, 0.2) is 24.3 Å². The van der Waals surface area contributed by atoms with Gasteiger partial charge in [0, 0.05) is 16.5 Å². The zero-order chi connectivity index (χ0) is 11.5. The molecule has 1 nitrogen and oxygen atoms in total. The van der Waals surface area contributed by atoms with Gasteiger partial charge in [-0.05, 0) is 31.0 Å². The maximum atomic E-state index is 3.68. The molecule has 0 saturated carbocycles. The van der Waals surface area contributed by atoms with E-state index in [-0.39, 0.29) is 0 Å². The molecular formula is C14H21NS. The van der Waals surface area contributed by atoms with Crippen LogP contribution in [0.25, 0.3) is 0 Å². The second kappa shape index (κ2) is 5.24. The van der Waals surface area contributed by atoms with E-state index in [1.54, 1.807) is 0 Å². The predicted molar refractivity (Wildman–Crippen MR) is 72.9 cm³/mol. The van der Waals surface area contributed by atoms with Crippen LogP contribution < -0.4 is 5.32 Å². The quantitative estimate of drug-likeness (QED) is 0.852. The molecule has 3 unspecified atom stereocenters. The van der Waals surface area contributed by atoms with Crippen LogP contribution in [0.3, 0.4) is 0 Å². The van der Waals surface area contributed by atoms with Gasteiger partial charge in [-0.1, -0.05) is 38.1 Å². The minimum atomic E-state index is 0.525. The number of hydrogen-bond donors (Lipinski definition) is 1. The van der Waals surface area contributed by atoms with Gasteiger partial charge in [-0.2, -0.15) is 0 Å². The van der Waals surface area contributed by atoms with E-state index in [0.29, 0.717) is 16.5 Å². The minimum Gasteiger partial charge on any atom is -0.309 e. The molecule has 0 radical (unpaired) electrons. The summed E-state index contributed by atoms with van der Waals surface area (Å²) in [6, 6.07) is 9.41. The van der Waals surface area contributed by atoms with Crippen LogP contribution in [0.4, 0.5) is 0 Å². The molecule has 0 aromatic heterocycles. The van der Waals surface area contributed by atoms with Gasteiger partial charge in [0.25, 0.3) is 0 Å². The van der Waals surface area contributed by atoms with Crippen molar-refractivity contribution in [2.24, 2.45) is 0 Å². The number of nitrogens with one attached hydrogen (secondary N) is 1. The maximum Gasteiger partial charge on any atom is 0.0441 e. The van der Waals surface area contributed by atoms with Crippen molar-refractivity contribution in [3.8, 4) is 0 Å². The highest BCUT2D eigenvalue weighted by Gasteiger charge is 2.29. The molecule has 1 aromatic carbocycles. The van der Waals surface area contributed by atoms with Crippen molar-refractivity contribution in [2.75, 3.05) is 6.54 Å². The molecule has 2 rings (SSSR count). The zero-order valence-corrected chi connectivity index (χ0v) is 11.2. The molecule has 3 atom stereocenters. The summed E-state index contributed by atoms with van der Waals surface area (Å²) in [7, 11) is 0. The van der Waals surface area contributed by atoms with E-state index >= 15 is 0 Å². The van der Waals surface area contributed by atoms with Crippen molar-refractivity contribution >= 4 is 11.8 Å². The van der Waals surface area contributed by atoms with Gasteiger partial charge in [0.2, 0.25) is 0 Å². The molecule has 0 spiro atoms. The van der Waals surface area contributed by atoms with Crippen molar-refractivity contribution in [2.45, 2.75) is 43.7 Å². The van der Waals surface area contributed by atoms with Gasteiger partial charge in [-0.3, -0.25) is 0 Å². The molecule has 1 aliphatic rings. The number of hydrogen-bond acceptors (Lipinski definition) is 2. The lowest BCUT2D eigenvalue weighted by molar-refractivity contribution is 0.517. The van der Waals surface area contributed by atoms with E-state index in [0.717, 1.165) is 6.54 Å². The summed E-state index contributed by atoms with van der Waals surface area (Å²) in [5.74, 6) is 0. The van der Waals surface area contributed by atoms with Gasteiger partial charge in [0.05, 0.1) is 0 Å². The van der Waals surface area contributed by atoms with E-state index in [1.165, 1.54) is 17.5 Å². The highest BCUT2D eigenvalue weighted by atomic mass is 32.2. The van der Waals surface area contributed by atoms with E-state index in [4.69, 9.17) is 0 Å². The fraction of sp³-hybridized carbons (Fsp3) is 0.571. The summed E-state index contributed by atoms with van der Waals surface area (Å²) in [5.41, 5.74) is 3.02. The molecule has 16 heavy (non-hydrogen) atoms. The average molecular weight is 235 g/mol. The summed E-state index contributed by atoms with van der Waals surface area (Å²) in [6.07, 6.45) is 1.20. The van der Waals surface area contributed by atoms with Crippen LogP contribution in [-0.2, 0) is 0 Å². The Morgan fingerprint density at radius 3 is 2.56 bits per heavy atom. The Labute approximate surface area is 103 Å². The van der Waals surface area contributed by atoms with E-state index < -0.39 is 0 Å². The molecule has 0 saturated heterocycles. The normalized spacial score (nSPS) is 28.8. The second-order valence-corrected chi connectivity index (χ2v) is 6.27. The number of thioether (sulfide) groups is 1. The first-order valence-electron chi connectivity index (χ1n) is 6.21. The topological polar surface area (TPSA) is 12.0 Å². The number of fused-ring (bicyclic) bond motifs is 1. The van der Waals surface area contributed by atoms with Crippen molar-refractivity contribution in [3.63, 3.8) is 0 Å². The fourth-order valence-corrected chi connectivity index (χ4v) is 3.87. The molecule has 1 N–H and O–H groups in total. The molecule has 2 heteroatoms. The van der Waals surface area contributed by atoms with E-state index in [1.807, 2.05) is 0 Å². The maximum absolute atomic E-state index is 3.68. The Hall–Kier alpha value is -0.470. The van der Waals surface area contributed by atoms with Gasteiger partial charge >= 0.3 is 0 Å². The third-order valence-electron chi connectivity index (χ3n) is 3.27. The van der Waals surface area contributed by atoms with E-state index in [2.05, 4.69) is 62.1 Å². The molecule has 0 amide bonds. The Kier molecular flexibility index (Phi) is 3.93. The van der Waals surface area contributed by atoms with Crippen LogP contribution in [-0.4, -0.2) is 11.8 Å². The van der Waals surface area contributed by atoms with Crippen LogP contribution in [0.5, 0.6) is 0 Å². The summed E-state index contributed by atoms with van der Waals surface area (Å²) in [6.45, 7) is 7.99. The van der Waals surface area contributed by atoms with Crippen molar-refractivity contribution < 1.29 is 0 Å². The SMILES string of the molecule is CCCNC1c2ccccc2C(C)SC1C. The molecule has 0 bridgehead atoms. The lowest BCUT2D eigenvalue weighted by Gasteiger charge is -2.35. The highest BCUT2D eigenvalue weighted by molar-refractivity contribution is 8.00. The average Bonchev–Trinajstić information content (AvgIpc) is 2.29. The van der Waals surface area contributed by atoms with Crippen LogP contribution in [0.2, 0.25) is 0 Å². The van der Waals surface area contributed by atoms with E-state index in [9.17, 15) is 0 Å². The monoisotopic (exact) mass is 235 g/mol. The first-order valence-corrected chi connectivity index (χ1v) is 7.16. The van der Waals surface area contributed by atoms with Crippen LogP contribution in [0.1, 0.15) is 49.6 Å². The first kappa shape index (κ1) is 12.0. The minimum absolute atomic E-state index is 0.525. The molecule has 1 heterocycles. The van der Waals surface area contributed by atoms with Crippen molar-refractivity contribution in [3.05, 3.63) is 35.4 Å². The Bertz CT molecular complexity index is 350. The number of rotatable bonds is 3. The Balaban J connectivity index is 2.28. The second-order valence-electron chi connectivity index (χ2n) is 4.54. The fourth-order valence-electron chi connectivity index (χ4n) is 2.47.